The monoisotopic (exact) mass is 292 g/mol. The molecule has 1 atom stereocenters. The molecule has 0 bridgehead atoms. The van der Waals surface area contributed by atoms with E-state index in [0.29, 0.717) is 0 Å². The molecule has 0 radical (unpaired) electrons. The Morgan fingerprint density at radius 2 is 2.33 bits per heavy atom. The number of hydrogen-bond acceptors (Lipinski definition) is 4. The number of hydrazine groups is 1. The van der Waals surface area contributed by atoms with Crippen LogP contribution < -0.4 is 11.3 Å². The van der Waals surface area contributed by atoms with Crippen LogP contribution in [-0.2, 0) is 4.74 Å². The molecule has 3 N–H and O–H groups in total. The first kappa shape index (κ1) is 13.1. The lowest BCUT2D eigenvalue weighted by Crippen LogP contribution is -2.35. The molecule has 1 unspecified atom stereocenters. The highest BCUT2D eigenvalue weighted by Gasteiger charge is 2.25. The minimum absolute atomic E-state index is 0.120. The lowest BCUT2D eigenvalue weighted by Gasteiger charge is -2.27. The van der Waals surface area contributed by atoms with Crippen molar-refractivity contribution in [1.29, 1.82) is 0 Å². The lowest BCUT2D eigenvalue weighted by molar-refractivity contribution is 0.00706. The van der Waals surface area contributed by atoms with E-state index >= 15 is 0 Å². The van der Waals surface area contributed by atoms with Crippen LogP contribution in [0.15, 0.2) is 15.9 Å². The molecule has 0 amide bonds. The number of rotatable bonds is 5. The molecule has 15 heavy (non-hydrogen) atoms. The van der Waals surface area contributed by atoms with Gasteiger partial charge in [-0.2, -0.15) is 0 Å². The van der Waals surface area contributed by atoms with Crippen LogP contribution in [0.3, 0.4) is 0 Å². The number of halogens is 1. The fourth-order valence-electron chi connectivity index (χ4n) is 1.36. The SMILES string of the molecule is COC(C)(C)CC(NN)c1sccc1Br. The van der Waals surface area contributed by atoms with E-state index in [-0.39, 0.29) is 11.6 Å². The highest BCUT2D eigenvalue weighted by molar-refractivity contribution is 9.10. The Balaban J connectivity index is 2.77. The minimum Gasteiger partial charge on any atom is -0.379 e. The van der Waals surface area contributed by atoms with Gasteiger partial charge < -0.3 is 4.74 Å². The van der Waals surface area contributed by atoms with Crippen molar-refractivity contribution in [1.82, 2.24) is 5.43 Å². The van der Waals surface area contributed by atoms with Crippen molar-refractivity contribution in [3.63, 3.8) is 0 Å². The van der Waals surface area contributed by atoms with E-state index in [1.54, 1.807) is 18.4 Å². The van der Waals surface area contributed by atoms with Gasteiger partial charge in [-0.3, -0.25) is 11.3 Å². The molecule has 1 aromatic heterocycles. The molecule has 1 rings (SSSR count). The molecule has 0 spiro atoms. The average Bonchev–Trinajstić information content (AvgIpc) is 2.61. The summed E-state index contributed by atoms with van der Waals surface area (Å²) in [4.78, 5) is 1.21. The zero-order valence-electron chi connectivity index (χ0n) is 9.21. The molecule has 1 heterocycles. The van der Waals surface area contributed by atoms with Crippen LogP contribution in [0.4, 0.5) is 0 Å². The fourth-order valence-corrected chi connectivity index (χ4v) is 3.07. The molecule has 1 aromatic rings. The molecule has 0 aliphatic carbocycles. The first-order valence-corrected chi connectivity index (χ1v) is 6.41. The Hall–Kier alpha value is 0.0600. The van der Waals surface area contributed by atoms with Crippen LogP contribution in [-0.4, -0.2) is 12.7 Å². The van der Waals surface area contributed by atoms with Gasteiger partial charge in [-0.05, 0) is 47.6 Å². The summed E-state index contributed by atoms with van der Waals surface area (Å²) in [6, 6.07) is 2.15. The molecule has 3 nitrogen and oxygen atoms in total. The highest BCUT2D eigenvalue weighted by Crippen LogP contribution is 2.33. The van der Waals surface area contributed by atoms with Crippen molar-refractivity contribution in [3.05, 3.63) is 20.8 Å². The van der Waals surface area contributed by atoms with Crippen LogP contribution in [0.1, 0.15) is 31.2 Å². The zero-order valence-corrected chi connectivity index (χ0v) is 11.6. The lowest BCUT2D eigenvalue weighted by atomic mass is 9.98. The van der Waals surface area contributed by atoms with Gasteiger partial charge in [0.15, 0.2) is 0 Å². The predicted molar refractivity (Wildman–Crippen MR) is 67.8 cm³/mol. The summed E-state index contributed by atoms with van der Waals surface area (Å²) in [5, 5.41) is 2.05. The Kier molecular flexibility index (Phi) is 4.73. The normalized spacial score (nSPS) is 14.2. The molecule has 0 aliphatic heterocycles. The Labute approximate surface area is 103 Å². The summed E-state index contributed by atoms with van der Waals surface area (Å²) in [7, 11) is 1.72. The summed E-state index contributed by atoms with van der Waals surface area (Å²) < 4.78 is 6.50. The molecule has 0 aromatic carbocycles. The number of nitrogens with one attached hydrogen (secondary N) is 1. The van der Waals surface area contributed by atoms with Gasteiger partial charge in [0.2, 0.25) is 0 Å². The van der Waals surface area contributed by atoms with E-state index in [2.05, 4.69) is 35.2 Å². The summed E-state index contributed by atoms with van der Waals surface area (Å²) >= 11 is 5.20. The second-order valence-electron chi connectivity index (χ2n) is 4.02. The van der Waals surface area contributed by atoms with Gasteiger partial charge in [0.05, 0.1) is 11.6 Å². The van der Waals surface area contributed by atoms with Crippen molar-refractivity contribution >= 4 is 27.3 Å². The van der Waals surface area contributed by atoms with Crippen LogP contribution in [0.2, 0.25) is 0 Å². The topological polar surface area (TPSA) is 47.3 Å². The third-order valence-electron chi connectivity index (χ3n) is 2.41. The predicted octanol–water partition coefficient (Wildman–Crippen LogP) is 2.83. The molecule has 86 valence electrons. The van der Waals surface area contributed by atoms with Gasteiger partial charge >= 0.3 is 0 Å². The van der Waals surface area contributed by atoms with Gasteiger partial charge in [0, 0.05) is 16.5 Å². The number of methoxy groups -OCH3 is 1. The van der Waals surface area contributed by atoms with E-state index in [1.165, 1.54) is 4.88 Å². The molecule has 0 aliphatic rings. The molecule has 5 heteroatoms. The number of thiophene rings is 1. The first-order valence-electron chi connectivity index (χ1n) is 4.74. The third kappa shape index (κ3) is 3.53. The molecular weight excluding hydrogens is 276 g/mol. The van der Waals surface area contributed by atoms with E-state index in [9.17, 15) is 0 Å². The van der Waals surface area contributed by atoms with Crippen molar-refractivity contribution in [2.45, 2.75) is 31.9 Å². The zero-order chi connectivity index (χ0) is 11.5. The van der Waals surface area contributed by atoms with Crippen LogP contribution >= 0.6 is 27.3 Å². The second kappa shape index (κ2) is 5.41. The maximum Gasteiger partial charge on any atom is 0.0641 e. The fraction of sp³-hybridized carbons (Fsp3) is 0.600. The summed E-state index contributed by atoms with van der Waals surface area (Å²) in [6.45, 7) is 4.11. The van der Waals surface area contributed by atoms with Crippen molar-refractivity contribution in [2.75, 3.05) is 7.11 Å². The third-order valence-corrected chi connectivity index (χ3v) is 4.40. The summed E-state index contributed by atoms with van der Waals surface area (Å²) in [6.07, 6.45) is 0.832. The summed E-state index contributed by atoms with van der Waals surface area (Å²) in [5.41, 5.74) is 2.66. The smallest absolute Gasteiger partial charge is 0.0641 e. The summed E-state index contributed by atoms with van der Waals surface area (Å²) in [5.74, 6) is 5.58. The average molecular weight is 293 g/mol. The maximum atomic E-state index is 5.58. The molecule has 0 fully saturated rings. The van der Waals surface area contributed by atoms with Crippen LogP contribution in [0.25, 0.3) is 0 Å². The van der Waals surface area contributed by atoms with Crippen molar-refractivity contribution < 1.29 is 4.74 Å². The number of nitrogens with two attached hydrogens (primary N) is 1. The standard InChI is InChI=1S/C10H17BrN2OS/c1-10(2,14-3)6-8(13-12)9-7(11)4-5-15-9/h4-5,8,13H,6,12H2,1-3H3. The van der Waals surface area contributed by atoms with Crippen molar-refractivity contribution in [2.24, 2.45) is 5.84 Å². The minimum atomic E-state index is -0.180. The van der Waals surface area contributed by atoms with Gasteiger partial charge in [-0.15, -0.1) is 11.3 Å². The molecule has 0 saturated heterocycles. The van der Waals surface area contributed by atoms with E-state index in [4.69, 9.17) is 10.6 Å². The number of hydrogen-bond donors (Lipinski definition) is 2. The van der Waals surface area contributed by atoms with Gasteiger partial charge in [-0.1, -0.05) is 0 Å². The van der Waals surface area contributed by atoms with Gasteiger partial charge in [0.25, 0.3) is 0 Å². The van der Waals surface area contributed by atoms with Crippen LogP contribution in [0.5, 0.6) is 0 Å². The van der Waals surface area contributed by atoms with Crippen LogP contribution in [0, 0.1) is 0 Å². The second-order valence-corrected chi connectivity index (χ2v) is 5.82. The largest absolute Gasteiger partial charge is 0.379 e. The maximum absolute atomic E-state index is 5.58. The Bertz CT molecular complexity index is 314. The van der Waals surface area contributed by atoms with Crippen molar-refractivity contribution in [3.8, 4) is 0 Å². The highest BCUT2D eigenvalue weighted by atomic mass is 79.9. The first-order chi connectivity index (χ1) is 7.00. The Morgan fingerprint density at radius 1 is 1.67 bits per heavy atom. The van der Waals surface area contributed by atoms with Gasteiger partial charge in [-0.25, -0.2) is 0 Å². The molecule has 0 saturated carbocycles. The number of ether oxygens (including phenoxy) is 1. The Morgan fingerprint density at radius 3 is 2.73 bits per heavy atom. The van der Waals surface area contributed by atoms with E-state index < -0.39 is 0 Å². The van der Waals surface area contributed by atoms with Gasteiger partial charge in [0.1, 0.15) is 0 Å². The van der Waals surface area contributed by atoms with E-state index in [1.807, 2.05) is 11.4 Å². The molecular formula is C10H17BrN2OS. The quantitative estimate of drug-likeness (QED) is 0.648. The van der Waals surface area contributed by atoms with E-state index in [0.717, 1.165) is 10.9 Å².